The van der Waals surface area contributed by atoms with Gasteiger partial charge < -0.3 is 0 Å². The largest absolute Gasteiger partial charge is 0.287 e. The highest BCUT2D eigenvalue weighted by Gasteiger charge is 2.39. The molecule has 0 unspecified atom stereocenters. The predicted molar refractivity (Wildman–Crippen MR) is 98.7 cm³/mol. The molecule has 0 aliphatic carbocycles. The first kappa shape index (κ1) is 18.7. The molecule has 1 fully saturated rings. The zero-order chi connectivity index (χ0) is 19.6. The van der Waals surface area contributed by atoms with Gasteiger partial charge >= 0.3 is 0 Å². The van der Waals surface area contributed by atoms with Crippen LogP contribution in [-0.2, 0) is 9.59 Å². The molecule has 2 aromatic carbocycles. The zero-order valence-corrected chi connectivity index (χ0v) is 15.3. The summed E-state index contributed by atoms with van der Waals surface area (Å²) >= 11 is 3.28. The van der Waals surface area contributed by atoms with Crippen LogP contribution >= 0.6 is 15.9 Å². The normalized spacial score (nSPS) is 16.5. The number of benzene rings is 2. The number of hydrazine groups is 1. The maximum atomic E-state index is 12.5. The number of nitrogens with one attached hydrogen (secondary N) is 2. The summed E-state index contributed by atoms with van der Waals surface area (Å²) in [4.78, 5) is 48.0. The third-order valence-corrected chi connectivity index (χ3v) is 4.44. The van der Waals surface area contributed by atoms with Gasteiger partial charge in [0.05, 0.1) is 17.0 Å². The van der Waals surface area contributed by atoms with E-state index in [0.29, 0.717) is 5.69 Å². The lowest BCUT2D eigenvalue weighted by Gasteiger charge is -2.16. The van der Waals surface area contributed by atoms with Crippen LogP contribution in [0.25, 0.3) is 0 Å². The number of non-ortho nitro benzene ring substituents is 1. The van der Waals surface area contributed by atoms with Crippen molar-refractivity contribution in [3.05, 3.63) is 68.7 Å². The summed E-state index contributed by atoms with van der Waals surface area (Å²) in [5.74, 6) is -1.55. The second-order valence-corrected chi connectivity index (χ2v) is 6.62. The van der Waals surface area contributed by atoms with Crippen molar-refractivity contribution >= 4 is 45.0 Å². The Bertz CT molecular complexity index is 931. The number of nitrogens with zero attached hydrogens (tertiary/aromatic N) is 2. The van der Waals surface area contributed by atoms with Gasteiger partial charge in [-0.25, -0.2) is 10.3 Å². The van der Waals surface area contributed by atoms with E-state index < -0.39 is 28.7 Å². The van der Waals surface area contributed by atoms with E-state index in [2.05, 4.69) is 26.8 Å². The van der Waals surface area contributed by atoms with Gasteiger partial charge in [-0.05, 0) is 30.3 Å². The molecule has 1 aliphatic rings. The van der Waals surface area contributed by atoms with Crippen molar-refractivity contribution in [2.75, 3.05) is 4.90 Å². The average molecular weight is 433 g/mol. The van der Waals surface area contributed by atoms with Crippen molar-refractivity contribution in [2.24, 2.45) is 0 Å². The summed E-state index contributed by atoms with van der Waals surface area (Å²) in [7, 11) is 0. The van der Waals surface area contributed by atoms with Crippen LogP contribution in [0, 0.1) is 10.1 Å². The van der Waals surface area contributed by atoms with E-state index in [1.807, 2.05) is 0 Å². The van der Waals surface area contributed by atoms with Crippen LogP contribution in [0.5, 0.6) is 0 Å². The molecule has 0 spiro atoms. The highest BCUT2D eigenvalue weighted by Crippen LogP contribution is 2.24. The summed E-state index contributed by atoms with van der Waals surface area (Å²) in [5, 5.41) is 10.8. The van der Waals surface area contributed by atoms with Crippen molar-refractivity contribution in [3.8, 4) is 0 Å². The fourth-order valence-electron chi connectivity index (χ4n) is 2.59. The topological polar surface area (TPSA) is 122 Å². The molecule has 0 bridgehead atoms. The molecule has 3 rings (SSSR count). The molecular formula is C17H13BrN4O5. The second kappa shape index (κ2) is 7.64. The van der Waals surface area contributed by atoms with Crippen LogP contribution in [0.4, 0.5) is 11.4 Å². The molecule has 2 N–H and O–H groups in total. The number of carbonyl (C=O) groups is 3. The van der Waals surface area contributed by atoms with Gasteiger partial charge in [0.2, 0.25) is 5.91 Å². The molecule has 1 atom stereocenters. The fourth-order valence-corrected chi connectivity index (χ4v) is 2.86. The number of nitro benzene ring substituents is 1. The Morgan fingerprint density at radius 1 is 1.19 bits per heavy atom. The molecular weight excluding hydrogens is 420 g/mol. The number of imide groups is 1. The molecule has 0 radical (unpaired) electrons. The molecule has 0 aromatic heterocycles. The van der Waals surface area contributed by atoms with Gasteiger partial charge in [-0.2, -0.15) is 0 Å². The Morgan fingerprint density at radius 3 is 2.56 bits per heavy atom. The second-order valence-electron chi connectivity index (χ2n) is 5.71. The highest BCUT2D eigenvalue weighted by molar-refractivity contribution is 9.10. The van der Waals surface area contributed by atoms with Crippen LogP contribution in [0.2, 0.25) is 0 Å². The van der Waals surface area contributed by atoms with Crippen molar-refractivity contribution in [3.63, 3.8) is 0 Å². The van der Waals surface area contributed by atoms with Gasteiger partial charge in [0.1, 0.15) is 6.04 Å². The lowest BCUT2D eigenvalue weighted by Crippen LogP contribution is -2.48. The Kier molecular flexibility index (Phi) is 5.28. The predicted octanol–water partition coefficient (Wildman–Crippen LogP) is 1.92. The van der Waals surface area contributed by atoms with Crippen molar-refractivity contribution < 1.29 is 19.3 Å². The van der Waals surface area contributed by atoms with Crippen LogP contribution in [0.3, 0.4) is 0 Å². The smallest absolute Gasteiger partial charge is 0.270 e. The number of nitro groups is 1. The first-order chi connectivity index (χ1) is 12.9. The Balaban J connectivity index is 1.66. The number of halogens is 1. The molecule has 1 heterocycles. The number of carbonyl (C=O) groups excluding carboxylic acids is 3. The van der Waals surface area contributed by atoms with E-state index in [1.54, 1.807) is 24.3 Å². The summed E-state index contributed by atoms with van der Waals surface area (Å²) in [6.45, 7) is 0. The van der Waals surface area contributed by atoms with Gasteiger partial charge in [-0.15, -0.1) is 0 Å². The monoisotopic (exact) mass is 432 g/mol. The number of hydrogen-bond donors (Lipinski definition) is 2. The molecule has 10 heteroatoms. The van der Waals surface area contributed by atoms with Gasteiger partial charge in [0.25, 0.3) is 17.5 Å². The number of hydrogen-bond acceptors (Lipinski definition) is 6. The summed E-state index contributed by atoms with van der Waals surface area (Å²) < 4.78 is 0.809. The standard InChI is InChI=1S/C17H13BrN4O5/c18-11-4-6-12(7-5-11)21-15(23)9-14(17(21)25)19-20-16(24)10-2-1-3-13(8-10)22(26)27/h1-8,14,19H,9H2,(H,20,24)/t14-/m1/s1. The van der Waals surface area contributed by atoms with Crippen LogP contribution in [-0.4, -0.2) is 28.7 Å². The quantitative estimate of drug-likeness (QED) is 0.422. The number of anilines is 1. The molecule has 1 saturated heterocycles. The first-order valence-electron chi connectivity index (χ1n) is 7.79. The van der Waals surface area contributed by atoms with Crippen LogP contribution < -0.4 is 15.8 Å². The van der Waals surface area contributed by atoms with Gasteiger partial charge in [-0.1, -0.05) is 22.0 Å². The SMILES string of the molecule is O=C(NN[C@@H]1CC(=O)N(c2ccc(Br)cc2)C1=O)c1cccc([N+](=O)[O-])c1. The summed E-state index contributed by atoms with van der Waals surface area (Å²) in [6, 6.07) is 10.9. The van der Waals surface area contributed by atoms with Crippen LogP contribution in [0.15, 0.2) is 53.0 Å². The Morgan fingerprint density at radius 2 is 1.89 bits per heavy atom. The molecule has 1 aliphatic heterocycles. The van der Waals surface area contributed by atoms with Crippen molar-refractivity contribution in [1.29, 1.82) is 0 Å². The fraction of sp³-hybridized carbons (Fsp3) is 0.118. The maximum Gasteiger partial charge on any atom is 0.270 e. The van der Waals surface area contributed by atoms with E-state index in [4.69, 9.17) is 0 Å². The zero-order valence-electron chi connectivity index (χ0n) is 13.7. The van der Waals surface area contributed by atoms with E-state index in [-0.39, 0.29) is 17.7 Å². The summed E-state index contributed by atoms with van der Waals surface area (Å²) in [6.07, 6.45) is -0.121. The van der Waals surface area contributed by atoms with E-state index in [9.17, 15) is 24.5 Å². The van der Waals surface area contributed by atoms with Crippen LogP contribution in [0.1, 0.15) is 16.8 Å². The molecule has 0 saturated carbocycles. The molecule has 27 heavy (non-hydrogen) atoms. The molecule has 138 valence electrons. The third-order valence-electron chi connectivity index (χ3n) is 3.91. The number of amides is 3. The van der Waals surface area contributed by atoms with E-state index in [0.717, 1.165) is 15.4 Å². The Hall–Kier alpha value is -3.11. The van der Waals surface area contributed by atoms with E-state index >= 15 is 0 Å². The van der Waals surface area contributed by atoms with Crippen molar-refractivity contribution in [1.82, 2.24) is 10.9 Å². The minimum Gasteiger partial charge on any atom is -0.287 e. The van der Waals surface area contributed by atoms with Gasteiger partial charge in [0.15, 0.2) is 0 Å². The molecule has 3 amide bonds. The van der Waals surface area contributed by atoms with Gasteiger partial charge in [0, 0.05) is 22.2 Å². The van der Waals surface area contributed by atoms with Gasteiger partial charge in [-0.3, -0.25) is 29.9 Å². The minimum atomic E-state index is -0.927. The summed E-state index contributed by atoms with van der Waals surface area (Å²) in [5.41, 5.74) is 5.11. The third kappa shape index (κ3) is 4.01. The number of rotatable bonds is 5. The first-order valence-corrected chi connectivity index (χ1v) is 8.59. The van der Waals surface area contributed by atoms with E-state index in [1.165, 1.54) is 18.2 Å². The maximum absolute atomic E-state index is 12.5. The average Bonchev–Trinajstić information content (AvgIpc) is 2.94. The Labute approximate surface area is 161 Å². The molecule has 9 nitrogen and oxygen atoms in total. The van der Waals surface area contributed by atoms with Crippen molar-refractivity contribution in [2.45, 2.75) is 12.5 Å². The highest BCUT2D eigenvalue weighted by atomic mass is 79.9. The molecule has 2 aromatic rings. The minimum absolute atomic E-state index is 0.0539. The lowest BCUT2D eigenvalue weighted by atomic mass is 10.2. The lowest BCUT2D eigenvalue weighted by molar-refractivity contribution is -0.384.